The largest absolute Gasteiger partial charge is 0.484 e. The van der Waals surface area contributed by atoms with Crippen LogP contribution in [-0.2, 0) is 11.3 Å². The highest BCUT2D eigenvalue weighted by Crippen LogP contribution is 2.12. The number of carbonyl (C=O) groups is 1. The Morgan fingerprint density at radius 3 is 2.61 bits per heavy atom. The standard InChI is InChI=1S/C13H20N2O3/c1-2-11(8-16)15-7-10-3-5-12(6-4-10)18-9-13(14)17/h3-6,11,15-16H,2,7-9H2,1H3,(H2,14,17). The van der Waals surface area contributed by atoms with Gasteiger partial charge in [0.2, 0.25) is 0 Å². The molecule has 0 fully saturated rings. The number of aliphatic hydroxyl groups excluding tert-OH is 1. The normalized spacial score (nSPS) is 12.1. The van der Waals surface area contributed by atoms with Gasteiger partial charge < -0.3 is 20.9 Å². The van der Waals surface area contributed by atoms with Crippen molar-refractivity contribution < 1.29 is 14.6 Å². The summed E-state index contributed by atoms with van der Waals surface area (Å²) in [4.78, 5) is 10.5. The second kappa shape index (κ2) is 7.68. The van der Waals surface area contributed by atoms with Gasteiger partial charge in [0.15, 0.2) is 6.61 Å². The SMILES string of the molecule is CCC(CO)NCc1ccc(OCC(N)=O)cc1. The lowest BCUT2D eigenvalue weighted by Gasteiger charge is -2.14. The van der Waals surface area contributed by atoms with Crippen LogP contribution in [-0.4, -0.2) is 30.3 Å². The topological polar surface area (TPSA) is 84.6 Å². The third-order valence-corrected chi connectivity index (χ3v) is 2.61. The maximum atomic E-state index is 10.5. The summed E-state index contributed by atoms with van der Waals surface area (Å²) in [5.74, 6) is 0.126. The van der Waals surface area contributed by atoms with Gasteiger partial charge in [-0.2, -0.15) is 0 Å². The number of nitrogens with two attached hydrogens (primary N) is 1. The minimum absolute atomic E-state index is 0.111. The number of ether oxygens (including phenoxy) is 1. The van der Waals surface area contributed by atoms with E-state index in [9.17, 15) is 4.79 Å². The summed E-state index contributed by atoms with van der Waals surface area (Å²) >= 11 is 0. The summed E-state index contributed by atoms with van der Waals surface area (Å²) in [7, 11) is 0. The molecule has 1 aromatic rings. The monoisotopic (exact) mass is 252 g/mol. The van der Waals surface area contributed by atoms with Crippen LogP contribution in [0.5, 0.6) is 5.75 Å². The Bertz CT molecular complexity index is 361. The third kappa shape index (κ3) is 5.16. The summed E-state index contributed by atoms with van der Waals surface area (Å²) in [5, 5.41) is 12.3. The van der Waals surface area contributed by atoms with Gasteiger partial charge in [0.1, 0.15) is 5.75 Å². The highest BCUT2D eigenvalue weighted by molar-refractivity contribution is 5.75. The predicted molar refractivity (Wildman–Crippen MR) is 69.1 cm³/mol. The molecule has 0 aromatic heterocycles. The molecule has 1 rings (SSSR count). The van der Waals surface area contributed by atoms with Crippen LogP contribution >= 0.6 is 0 Å². The smallest absolute Gasteiger partial charge is 0.255 e. The van der Waals surface area contributed by atoms with Gasteiger partial charge in [-0.25, -0.2) is 0 Å². The molecule has 1 atom stereocenters. The number of carbonyl (C=O) groups excluding carboxylic acids is 1. The second-order valence-corrected chi connectivity index (χ2v) is 4.07. The minimum Gasteiger partial charge on any atom is -0.484 e. The molecule has 0 radical (unpaired) electrons. The van der Waals surface area contributed by atoms with Gasteiger partial charge in [0.25, 0.3) is 5.91 Å². The number of hydrogen-bond donors (Lipinski definition) is 3. The van der Waals surface area contributed by atoms with E-state index in [1.165, 1.54) is 0 Å². The van der Waals surface area contributed by atoms with Crippen molar-refractivity contribution in [1.82, 2.24) is 5.32 Å². The summed E-state index contributed by atoms with van der Waals surface area (Å²) in [6.07, 6.45) is 0.885. The van der Waals surface area contributed by atoms with Gasteiger partial charge in [-0.1, -0.05) is 19.1 Å². The van der Waals surface area contributed by atoms with Crippen molar-refractivity contribution in [3.63, 3.8) is 0 Å². The molecule has 5 nitrogen and oxygen atoms in total. The first-order valence-corrected chi connectivity index (χ1v) is 6.00. The highest BCUT2D eigenvalue weighted by Gasteiger charge is 2.03. The van der Waals surface area contributed by atoms with Crippen LogP contribution in [0.3, 0.4) is 0 Å². The average molecular weight is 252 g/mol. The lowest BCUT2D eigenvalue weighted by atomic mass is 10.2. The third-order valence-electron chi connectivity index (χ3n) is 2.61. The quantitative estimate of drug-likeness (QED) is 0.625. The Morgan fingerprint density at radius 1 is 1.44 bits per heavy atom. The fourth-order valence-corrected chi connectivity index (χ4v) is 1.46. The van der Waals surface area contributed by atoms with Crippen molar-refractivity contribution in [1.29, 1.82) is 0 Å². The summed E-state index contributed by atoms with van der Waals surface area (Å²) in [6.45, 7) is 2.74. The fraction of sp³-hybridized carbons (Fsp3) is 0.462. The van der Waals surface area contributed by atoms with Crippen LogP contribution in [0.2, 0.25) is 0 Å². The molecule has 0 saturated carbocycles. The molecule has 18 heavy (non-hydrogen) atoms. The molecular formula is C13H20N2O3. The number of nitrogens with one attached hydrogen (secondary N) is 1. The van der Waals surface area contributed by atoms with Crippen LogP contribution in [0.1, 0.15) is 18.9 Å². The van der Waals surface area contributed by atoms with Crippen LogP contribution in [0.25, 0.3) is 0 Å². The molecule has 0 aliphatic carbocycles. The zero-order valence-corrected chi connectivity index (χ0v) is 10.6. The first-order valence-electron chi connectivity index (χ1n) is 6.00. The molecule has 5 heteroatoms. The lowest BCUT2D eigenvalue weighted by Crippen LogP contribution is -2.31. The van der Waals surface area contributed by atoms with E-state index in [0.29, 0.717) is 12.3 Å². The van der Waals surface area contributed by atoms with Crippen molar-refractivity contribution in [2.24, 2.45) is 5.73 Å². The van der Waals surface area contributed by atoms with Crippen molar-refractivity contribution in [3.8, 4) is 5.75 Å². The number of primary amides is 1. The van der Waals surface area contributed by atoms with Crippen LogP contribution in [0.4, 0.5) is 0 Å². The maximum Gasteiger partial charge on any atom is 0.255 e. The van der Waals surface area contributed by atoms with Crippen molar-refractivity contribution in [2.45, 2.75) is 25.9 Å². The molecule has 0 spiro atoms. The molecular weight excluding hydrogens is 232 g/mol. The number of hydrogen-bond acceptors (Lipinski definition) is 4. The van der Waals surface area contributed by atoms with E-state index >= 15 is 0 Å². The molecule has 0 bridgehead atoms. The first-order chi connectivity index (χ1) is 8.65. The van der Waals surface area contributed by atoms with Gasteiger partial charge in [-0.05, 0) is 24.1 Å². The Balaban J connectivity index is 2.42. The number of aliphatic hydroxyl groups is 1. The van der Waals surface area contributed by atoms with Gasteiger partial charge in [-0.15, -0.1) is 0 Å². The number of rotatable bonds is 8. The summed E-state index contributed by atoms with van der Waals surface area (Å²) in [6, 6.07) is 7.52. The zero-order valence-electron chi connectivity index (χ0n) is 10.6. The molecule has 1 aromatic carbocycles. The molecule has 0 aliphatic rings. The van der Waals surface area contributed by atoms with Gasteiger partial charge in [0.05, 0.1) is 6.61 Å². The highest BCUT2D eigenvalue weighted by atomic mass is 16.5. The maximum absolute atomic E-state index is 10.5. The van der Waals surface area contributed by atoms with Gasteiger partial charge in [-0.3, -0.25) is 4.79 Å². The van der Waals surface area contributed by atoms with E-state index in [0.717, 1.165) is 12.0 Å². The lowest BCUT2D eigenvalue weighted by molar-refractivity contribution is -0.119. The molecule has 100 valence electrons. The first kappa shape index (κ1) is 14.5. The van der Waals surface area contributed by atoms with E-state index in [1.807, 2.05) is 19.1 Å². The van der Waals surface area contributed by atoms with E-state index in [2.05, 4.69) is 5.32 Å². The van der Waals surface area contributed by atoms with E-state index < -0.39 is 5.91 Å². The molecule has 0 saturated heterocycles. The van der Waals surface area contributed by atoms with Gasteiger partial charge in [0, 0.05) is 12.6 Å². The molecule has 1 unspecified atom stereocenters. The van der Waals surface area contributed by atoms with E-state index in [-0.39, 0.29) is 19.3 Å². The van der Waals surface area contributed by atoms with Crippen LogP contribution in [0.15, 0.2) is 24.3 Å². The summed E-state index contributed by atoms with van der Waals surface area (Å²) in [5.41, 5.74) is 6.08. The van der Waals surface area contributed by atoms with E-state index in [1.54, 1.807) is 12.1 Å². The molecule has 1 amide bonds. The minimum atomic E-state index is -0.491. The average Bonchev–Trinajstić information content (AvgIpc) is 2.39. The zero-order chi connectivity index (χ0) is 13.4. The van der Waals surface area contributed by atoms with Gasteiger partial charge >= 0.3 is 0 Å². The van der Waals surface area contributed by atoms with Crippen LogP contribution < -0.4 is 15.8 Å². The molecule has 0 heterocycles. The molecule has 4 N–H and O–H groups in total. The van der Waals surface area contributed by atoms with Crippen LogP contribution in [0, 0.1) is 0 Å². The Kier molecular flexibility index (Phi) is 6.18. The number of amides is 1. The fourth-order valence-electron chi connectivity index (χ4n) is 1.46. The Labute approximate surface area is 107 Å². The number of benzene rings is 1. The molecule has 0 aliphatic heterocycles. The second-order valence-electron chi connectivity index (χ2n) is 4.07. The predicted octanol–water partition coefficient (Wildman–Crippen LogP) is 0.411. The van der Waals surface area contributed by atoms with Crippen molar-refractivity contribution >= 4 is 5.91 Å². The summed E-state index contributed by atoms with van der Waals surface area (Å²) < 4.78 is 5.16. The van der Waals surface area contributed by atoms with Crippen molar-refractivity contribution in [2.75, 3.05) is 13.2 Å². The Morgan fingerprint density at radius 2 is 2.11 bits per heavy atom. The van der Waals surface area contributed by atoms with Crippen molar-refractivity contribution in [3.05, 3.63) is 29.8 Å². The Hall–Kier alpha value is -1.59. The van der Waals surface area contributed by atoms with E-state index in [4.69, 9.17) is 15.6 Å².